The van der Waals surface area contributed by atoms with E-state index in [0.717, 1.165) is 28.3 Å². The van der Waals surface area contributed by atoms with Crippen LogP contribution in [-0.2, 0) is 0 Å². The Bertz CT molecular complexity index is 3570. The molecule has 0 atom stereocenters. The lowest BCUT2D eigenvalue weighted by Gasteiger charge is -2.29. The molecule has 0 aliphatic carbocycles. The molecule has 0 bridgehead atoms. The van der Waals surface area contributed by atoms with Crippen LogP contribution in [0.15, 0.2) is 243 Å². The summed E-state index contributed by atoms with van der Waals surface area (Å²) in [5, 5.41) is 5.05. The topological polar surface area (TPSA) is 8.17 Å². The summed E-state index contributed by atoms with van der Waals surface area (Å²) >= 11 is 1.87. The summed E-state index contributed by atoms with van der Waals surface area (Å²) in [7, 11) is 0. The molecule has 3 heteroatoms. The van der Waals surface area contributed by atoms with Crippen LogP contribution < -0.4 is 4.90 Å². The first kappa shape index (κ1) is 36.8. The van der Waals surface area contributed by atoms with E-state index in [1.54, 1.807) is 0 Å². The lowest BCUT2D eigenvalue weighted by Crippen LogP contribution is -2.11. The third-order valence-electron chi connectivity index (χ3n) is 12.4. The molecular weight excluding hydrogens is 781 g/mol. The predicted molar refractivity (Wildman–Crippen MR) is 270 cm³/mol. The number of rotatable bonds is 8. The Hall–Kier alpha value is -7.98. The van der Waals surface area contributed by atoms with E-state index in [1.165, 1.54) is 81.0 Å². The van der Waals surface area contributed by atoms with Gasteiger partial charge in [0.25, 0.3) is 0 Å². The number of nitrogens with zero attached hydrogens (tertiary/aromatic N) is 2. The fourth-order valence-corrected chi connectivity index (χ4v) is 10.5. The quantitative estimate of drug-likeness (QED) is 0.148. The van der Waals surface area contributed by atoms with Crippen LogP contribution in [0, 0.1) is 0 Å². The molecule has 0 saturated heterocycles. The van der Waals surface area contributed by atoms with Gasteiger partial charge in [-0.25, -0.2) is 0 Å². The number of thiophene rings is 1. The van der Waals surface area contributed by atoms with E-state index in [0.29, 0.717) is 0 Å². The average molecular weight is 821 g/mol. The molecule has 0 fully saturated rings. The van der Waals surface area contributed by atoms with Gasteiger partial charge in [0.15, 0.2) is 0 Å². The minimum atomic E-state index is 1.08. The Labute approximate surface area is 370 Å². The van der Waals surface area contributed by atoms with Gasteiger partial charge in [-0.1, -0.05) is 176 Å². The summed E-state index contributed by atoms with van der Waals surface area (Å²) < 4.78 is 5.01. The Morgan fingerprint density at radius 3 is 1.37 bits per heavy atom. The highest BCUT2D eigenvalue weighted by Gasteiger charge is 2.23. The molecule has 0 spiro atoms. The number of para-hydroxylation sites is 2. The first-order valence-corrected chi connectivity index (χ1v) is 22.3. The molecule has 0 radical (unpaired) electrons. The van der Waals surface area contributed by atoms with Gasteiger partial charge >= 0.3 is 0 Å². The SMILES string of the molecule is c1ccc(-c2ccc(-c3ccc(N(c4ccc(-c5ccccc5)cc4)c4cc5c(cc4-c4ccc6c(c4)sc4ccccc46)c4ccccc4n5-c4ccccc4)cc3)cc2)cc1. The minimum absolute atomic E-state index is 1.08. The van der Waals surface area contributed by atoms with Crippen LogP contribution in [0.25, 0.3) is 92.2 Å². The number of anilines is 3. The van der Waals surface area contributed by atoms with Gasteiger partial charge in [-0.05, 0) is 106 Å². The first-order chi connectivity index (χ1) is 31.2. The molecule has 12 aromatic rings. The van der Waals surface area contributed by atoms with E-state index < -0.39 is 0 Å². The van der Waals surface area contributed by atoms with Crippen molar-refractivity contribution in [2.75, 3.05) is 4.90 Å². The zero-order valence-electron chi connectivity index (χ0n) is 34.4. The summed E-state index contributed by atoms with van der Waals surface area (Å²) in [4.78, 5) is 2.45. The molecule has 2 heterocycles. The summed E-state index contributed by atoms with van der Waals surface area (Å²) in [5.74, 6) is 0. The van der Waals surface area contributed by atoms with Crippen molar-refractivity contribution >= 4 is 70.4 Å². The standard InChI is InChI=1S/C60H40N2S/c1-4-14-41(15-5-1)43-24-26-44(27-25-43)46-30-35-50(36-31-46)61(49-33-28-45(29-34-49)42-16-6-2-7-17-42)57-40-58-55(51-20-10-12-22-56(51)62(58)48-18-8-3-9-19-48)39-54(57)47-32-37-53-52-21-11-13-23-59(52)63-60(53)38-47/h1-40H. The van der Waals surface area contributed by atoms with E-state index in [9.17, 15) is 0 Å². The zero-order valence-corrected chi connectivity index (χ0v) is 35.2. The number of hydrogen-bond acceptors (Lipinski definition) is 2. The highest BCUT2D eigenvalue weighted by atomic mass is 32.1. The first-order valence-electron chi connectivity index (χ1n) is 21.5. The molecule has 63 heavy (non-hydrogen) atoms. The molecule has 0 saturated carbocycles. The van der Waals surface area contributed by atoms with Crippen LogP contribution in [0.4, 0.5) is 17.1 Å². The largest absolute Gasteiger partial charge is 0.310 e. The van der Waals surface area contributed by atoms with Crippen molar-refractivity contribution in [3.8, 4) is 50.2 Å². The van der Waals surface area contributed by atoms with Crippen LogP contribution in [0.3, 0.4) is 0 Å². The molecular formula is C60H40N2S. The maximum atomic E-state index is 2.45. The van der Waals surface area contributed by atoms with Crippen LogP contribution in [-0.4, -0.2) is 4.57 Å². The summed E-state index contributed by atoms with van der Waals surface area (Å²) in [6, 6.07) is 88.5. The maximum absolute atomic E-state index is 2.45. The molecule has 0 unspecified atom stereocenters. The predicted octanol–water partition coefficient (Wildman–Crippen LogP) is 17.3. The van der Waals surface area contributed by atoms with Gasteiger partial charge in [0, 0.05) is 53.6 Å². The third kappa shape index (κ3) is 6.58. The van der Waals surface area contributed by atoms with Crippen LogP contribution in [0.1, 0.15) is 0 Å². The van der Waals surface area contributed by atoms with Gasteiger partial charge in [0.2, 0.25) is 0 Å². The number of benzene rings is 10. The van der Waals surface area contributed by atoms with Crippen molar-refractivity contribution in [3.63, 3.8) is 0 Å². The maximum Gasteiger partial charge on any atom is 0.0562 e. The monoisotopic (exact) mass is 820 g/mol. The van der Waals surface area contributed by atoms with Crippen molar-refractivity contribution < 1.29 is 0 Å². The Morgan fingerprint density at radius 2 is 0.762 bits per heavy atom. The van der Waals surface area contributed by atoms with E-state index in [1.807, 2.05) is 11.3 Å². The van der Waals surface area contributed by atoms with Gasteiger partial charge in [-0.2, -0.15) is 0 Å². The average Bonchev–Trinajstić information content (AvgIpc) is 3.90. The normalized spacial score (nSPS) is 11.5. The fraction of sp³-hybridized carbons (Fsp3) is 0. The second-order valence-electron chi connectivity index (χ2n) is 16.1. The molecule has 0 N–H and O–H groups in total. The van der Waals surface area contributed by atoms with Crippen LogP contribution in [0.2, 0.25) is 0 Å². The molecule has 2 nitrogen and oxygen atoms in total. The molecule has 10 aromatic carbocycles. The van der Waals surface area contributed by atoms with E-state index in [4.69, 9.17) is 0 Å². The highest BCUT2D eigenvalue weighted by molar-refractivity contribution is 7.25. The van der Waals surface area contributed by atoms with Gasteiger partial charge in [-0.15, -0.1) is 11.3 Å². The summed E-state index contributed by atoms with van der Waals surface area (Å²) in [6.45, 7) is 0. The number of aromatic nitrogens is 1. The van der Waals surface area contributed by atoms with Crippen LogP contribution in [0.5, 0.6) is 0 Å². The highest BCUT2D eigenvalue weighted by Crippen LogP contribution is 2.47. The van der Waals surface area contributed by atoms with Crippen LogP contribution >= 0.6 is 11.3 Å². The second-order valence-corrected chi connectivity index (χ2v) is 17.2. The van der Waals surface area contributed by atoms with Gasteiger partial charge in [0.1, 0.15) is 0 Å². The van der Waals surface area contributed by atoms with Crippen molar-refractivity contribution in [1.29, 1.82) is 0 Å². The van der Waals surface area contributed by atoms with Crippen molar-refractivity contribution in [2.24, 2.45) is 0 Å². The Morgan fingerprint density at radius 1 is 0.302 bits per heavy atom. The van der Waals surface area contributed by atoms with Gasteiger partial charge in [-0.3, -0.25) is 0 Å². The Balaban J connectivity index is 1.09. The van der Waals surface area contributed by atoms with E-state index >= 15 is 0 Å². The van der Waals surface area contributed by atoms with Gasteiger partial charge in [0.05, 0.1) is 16.7 Å². The zero-order chi connectivity index (χ0) is 41.7. The molecule has 12 rings (SSSR count). The molecule has 296 valence electrons. The number of fused-ring (bicyclic) bond motifs is 6. The lowest BCUT2D eigenvalue weighted by atomic mass is 9.97. The smallest absolute Gasteiger partial charge is 0.0562 e. The Kier molecular flexibility index (Phi) is 9.06. The van der Waals surface area contributed by atoms with E-state index in [-0.39, 0.29) is 0 Å². The fourth-order valence-electron chi connectivity index (χ4n) is 9.32. The third-order valence-corrected chi connectivity index (χ3v) is 13.6. The molecule has 0 amide bonds. The van der Waals surface area contributed by atoms with Crippen molar-refractivity contribution in [1.82, 2.24) is 4.57 Å². The second kappa shape index (κ2) is 15.5. The molecule has 2 aromatic heterocycles. The molecule has 0 aliphatic heterocycles. The number of hydrogen-bond donors (Lipinski definition) is 0. The minimum Gasteiger partial charge on any atom is -0.310 e. The van der Waals surface area contributed by atoms with Crippen molar-refractivity contribution in [2.45, 2.75) is 0 Å². The van der Waals surface area contributed by atoms with E-state index in [2.05, 4.69) is 252 Å². The summed E-state index contributed by atoms with van der Waals surface area (Å²) in [5.41, 5.74) is 16.3. The van der Waals surface area contributed by atoms with Gasteiger partial charge < -0.3 is 9.47 Å². The lowest BCUT2D eigenvalue weighted by molar-refractivity contribution is 1.18. The molecule has 0 aliphatic rings. The summed E-state index contributed by atoms with van der Waals surface area (Å²) in [6.07, 6.45) is 0. The van der Waals surface area contributed by atoms with Crippen molar-refractivity contribution in [3.05, 3.63) is 243 Å².